The predicted octanol–water partition coefficient (Wildman–Crippen LogP) is 2.48. The molecule has 58 heavy (non-hydrogen) atoms. The van der Waals surface area contributed by atoms with Crippen molar-refractivity contribution in [2.75, 3.05) is 76.9 Å². The van der Waals surface area contributed by atoms with Crippen molar-refractivity contribution in [1.29, 1.82) is 0 Å². The molecule has 5 aliphatic heterocycles. The van der Waals surface area contributed by atoms with Gasteiger partial charge in [0.15, 0.2) is 0 Å². The first-order valence-corrected chi connectivity index (χ1v) is 20.9. The van der Waals surface area contributed by atoms with Crippen molar-refractivity contribution in [2.24, 2.45) is 0 Å². The highest BCUT2D eigenvalue weighted by Gasteiger charge is 2.46. The number of nitrogens with one attached hydrogen (secondary N) is 2. The number of amides is 4. The smallest absolute Gasteiger partial charge is 0.234 e. The lowest BCUT2D eigenvalue weighted by molar-refractivity contribution is -0.637. The first-order valence-electron chi connectivity index (χ1n) is 20.9. The Kier molecular flexibility index (Phi) is 11.8. The number of likely N-dealkylation sites (tertiary alicyclic amines) is 1. The molecule has 8 rings (SSSR count). The predicted molar refractivity (Wildman–Crippen MR) is 221 cm³/mol. The zero-order valence-corrected chi connectivity index (χ0v) is 33.2. The van der Waals surface area contributed by atoms with Crippen LogP contribution >= 0.6 is 0 Å². The molecule has 4 amide bonds. The molecule has 304 valence electrons. The zero-order valence-electron chi connectivity index (χ0n) is 33.2. The molecule has 0 unspecified atom stereocenters. The van der Waals surface area contributed by atoms with Crippen molar-refractivity contribution >= 4 is 35.0 Å². The summed E-state index contributed by atoms with van der Waals surface area (Å²) in [5, 5.41) is 12.9. The summed E-state index contributed by atoms with van der Waals surface area (Å²) in [4.78, 5) is 62.7. The highest BCUT2D eigenvalue weighted by molar-refractivity contribution is 6.01. The molecule has 0 bridgehead atoms. The van der Waals surface area contributed by atoms with Gasteiger partial charge in [-0.25, -0.2) is 10.9 Å². The number of quaternary nitrogens is 1. The average molecular weight is 788 g/mol. The van der Waals surface area contributed by atoms with Gasteiger partial charge in [-0.05, 0) is 73.7 Å². The molecule has 5 N–H and O–H groups in total. The van der Waals surface area contributed by atoms with Gasteiger partial charge in [-0.3, -0.25) is 29.4 Å². The van der Waals surface area contributed by atoms with Crippen molar-refractivity contribution < 1.29 is 29.7 Å². The van der Waals surface area contributed by atoms with Gasteiger partial charge in [-0.1, -0.05) is 54.6 Å². The van der Waals surface area contributed by atoms with Crippen LogP contribution in [0.5, 0.6) is 5.75 Å². The Balaban J connectivity index is 0.791. The molecule has 0 spiro atoms. The number of nitrogens with zero attached hydrogens (tertiary/aromatic N) is 5. The quantitative estimate of drug-likeness (QED) is 0.180. The number of hydrogen-bond acceptors (Lipinski definition) is 9. The number of rotatable bonds is 10. The second kappa shape index (κ2) is 17.5. The molecule has 3 aromatic rings. The summed E-state index contributed by atoms with van der Waals surface area (Å²) in [5.41, 5.74) is 10.4. The van der Waals surface area contributed by atoms with E-state index in [1.807, 2.05) is 71.0 Å². The molecule has 5 aliphatic rings. The van der Waals surface area contributed by atoms with E-state index >= 15 is 0 Å². The number of piperidine rings is 2. The summed E-state index contributed by atoms with van der Waals surface area (Å²) in [6.45, 7) is 8.16. The zero-order chi connectivity index (χ0) is 40.1. The van der Waals surface area contributed by atoms with E-state index in [4.69, 9.17) is 0 Å². The Morgan fingerprint density at radius 2 is 1.47 bits per heavy atom. The molecule has 13 nitrogen and oxygen atoms in total. The lowest BCUT2D eigenvalue weighted by Gasteiger charge is -2.46. The number of hydrogen-bond donors (Lipinski definition) is 4. The topological polar surface area (TPSA) is 145 Å². The fourth-order valence-corrected chi connectivity index (χ4v) is 9.27. The highest BCUT2D eigenvalue weighted by atomic mass is 16.3. The van der Waals surface area contributed by atoms with E-state index in [0.717, 1.165) is 86.0 Å². The van der Waals surface area contributed by atoms with Crippen molar-refractivity contribution in [3.8, 4) is 5.75 Å². The molecule has 4 fully saturated rings. The van der Waals surface area contributed by atoms with Crippen LogP contribution in [0.25, 0.3) is 5.70 Å². The standard InChI is InChI=1S/C45H54N8O5/c54-40-10-5-4-9-38(40)39-31-36(32-46-48-39)50-21-18-45(19-22-50,34-7-2-1-3-8-34)44(58)53-25-23-49(24-26-53)20-6-11-42(56)52-29-27-51(28-30-52)35-14-12-33(13-15-35)37-16-17-41(55)47-43(37)57/h1-5,7-10,12-15,31-32,37,46,48,54H,6,11,16-30H2,(H,47,55,57)/p+1/t37-/m1/s1. The van der Waals surface area contributed by atoms with E-state index in [9.17, 15) is 24.3 Å². The number of carbonyl (C=O) groups is 4. The second-order valence-electron chi connectivity index (χ2n) is 16.1. The van der Waals surface area contributed by atoms with Crippen molar-refractivity contribution in [3.05, 3.63) is 114 Å². The van der Waals surface area contributed by atoms with Gasteiger partial charge in [0.2, 0.25) is 23.6 Å². The molecule has 4 saturated heterocycles. The maximum absolute atomic E-state index is 14.6. The average Bonchev–Trinajstić information content (AvgIpc) is 3.27. The summed E-state index contributed by atoms with van der Waals surface area (Å²) < 4.78 is 0. The van der Waals surface area contributed by atoms with E-state index in [1.54, 1.807) is 6.07 Å². The van der Waals surface area contributed by atoms with E-state index in [-0.39, 0.29) is 35.3 Å². The number of carbonyl (C=O) groups excluding carboxylic acids is 4. The number of phenolic OH excluding ortho intramolecular Hbond substituents is 1. The first-order chi connectivity index (χ1) is 28.3. The Morgan fingerprint density at radius 3 is 2.17 bits per heavy atom. The fourth-order valence-electron chi connectivity index (χ4n) is 9.27. The Labute approximate surface area is 340 Å². The molecule has 0 saturated carbocycles. The number of aromatic hydroxyl groups is 1. The first kappa shape index (κ1) is 39.2. The largest absolute Gasteiger partial charge is 0.507 e. The maximum atomic E-state index is 14.6. The molecule has 0 aromatic heterocycles. The number of allylic oxidation sites excluding steroid dienone is 1. The van der Waals surface area contributed by atoms with Crippen LogP contribution in [0.1, 0.15) is 61.1 Å². The fraction of sp³-hybridized carbons (Fsp3) is 0.422. The summed E-state index contributed by atoms with van der Waals surface area (Å²) in [6.07, 6.45) is 7.78. The van der Waals surface area contributed by atoms with Crippen LogP contribution in [0, 0.1) is 0 Å². The number of anilines is 1. The van der Waals surface area contributed by atoms with Crippen LogP contribution in [0.4, 0.5) is 5.69 Å². The monoisotopic (exact) mass is 787 g/mol. The third kappa shape index (κ3) is 8.46. The highest BCUT2D eigenvalue weighted by Crippen LogP contribution is 2.39. The minimum Gasteiger partial charge on any atom is -0.507 e. The van der Waals surface area contributed by atoms with E-state index in [1.165, 1.54) is 0 Å². The lowest BCUT2D eigenvalue weighted by atomic mass is 9.71. The number of phenols is 1. The normalized spacial score (nSPS) is 21.5. The van der Waals surface area contributed by atoms with Gasteiger partial charge < -0.3 is 24.7 Å². The third-order valence-electron chi connectivity index (χ3n) is 12.8. The SMILES string of the molecule is O=C1CC[C@H](c2ccc(N3CCN(C(=O)CCCN4CCN(C(=O)C5(c6ccccc6)CCN(C6=C[NH2+]NC(c7ccccc7O)=C6)CC5)CC4)CC3)cc2)C(=O)N1. The summed E-state index contributed by atoms with van der Waals surface area (Å²) in [6, 6.07) is 25.7. The van der Waals surface area contributed by atoms with E-state index in [0.29, 0.717) is 58.3 Å². The molecule has 1 atom stereocenters. The van der Waals surface area contributed by atoms with Crippen LogP contribution in [0.15, 0.2) is 96.8 Å². The van der Waals surface area contributed by atoms with Gasteiger partial charge in [0, 0.05) is 89.5 Å². The van der Waals surface area contributed by atoms with Gasteiger partial charge in [-0.15, -0.1) is 0 Å². The van der Waals surface area contributed by atoms with Gasteiger partial charge in [-0.2, -0.15) is 0 Å². The summed E-state index contributed by atoms with van der Waals surface area (Å²) in [5.74, 6) is -0.0727. The second-order valence-corrected chi connectivity index (χ2v) is 16.1. The van der Waals surface area contributed by atoms with Crippen molar-refractivity contribution in [2.45, 2.75) is 49.9 Å². The maximum Gasteiger partial charge on any atom is 0.234 e. The number of imide groups is 1. The lowest BCUT2D eigenvalue weighted by Crippen LogP contribution is -2.88. The molecule has 5 heterocycles. The van der Waals surface area contributed by atoms with Crippen molar-refractivity contribution in [3.63, 3.8) is 0 Å². The van der Waals surface area contributed by atoms with Crippen LogP contribution in [-0.2, 0) is 24.6 Å². The van der Waals surface area contributed by atoms with E-state index in [2.05, 4.69) is 54.8 Å². The molecule has 3 aromatic carbocycles. The van der Waals surface area contributed by atoms with Gasteiger partial charge in [0.25, 0.3) is 0 Å². The minimum atomic E-state index is -0.586. The van der Waals surface area contributed by atoms with Gasteiger partial charge in [0.1, 0.15) is 11.9 Å². The molecular formula is C45H55N8O5+. The van der Waals surface area contributed by atoms with Crippen LogP contribution < -0.4 is 21.1 Å². The molecule has 0 aliphatic carbocycles. The molecular weight excluding hydrogens is 733 g/mol. The number of benzene rings is 3. The molecule has 13 heteroatoms. The number of piperazine rings is 2. The van der Waals surface area contributed by atoms with Gasteiger partial charge in [0.05, 0.1) is 22.7 Å². The molecule has 0 radical (unpaired) electrons. The summed E-state index contributed by atoms with van der Waals surface area (Å²) >= 11 is 0. The minimum absolute atomic E-state index is 0.195. The van der Waals surface area contributed by atoms with Crippen LogP contribution in [0.2, 0.25) is 0 Å². The summed E-state index contributed by atoms with van der Waals surface area (Å²) in [7, 11) is 0. The number of para-hydroxylation sites is 1. The van der Waals surface area contributed by atoms with E-state index < -0.39 is 5.41 Å². The van der Waals surface area contributed by atoms with Crippen LogP contribution in [-0.4, -0.2) is 120 Å². The Bertz CT molecular complexity index is 2030. The Hall–Kier alpha value is -5.66. The third-order valence-corrected chi connectivity index (χ3v) is 12.8. The van der Waals surface area contributed by atoms with Crippen LogP contribution in [0.3, 0.4) is 0 Å². The van der Waals surface area contributed by atoms with Crippen molar-refractivity contribution in [1.82, 2.24) is 30.3 Å². The number of nitrogens with two attached hydrogens (primary N) is 1. The Morgan fingerprint density at radius 1 is 0.776 bits per heavy atom. The van der Waals surface area contributed by atoms with Gasteiger partial charge >= 0.3 is 0 Å².